The Morgan fingerprint density at radius 1 is 1.31 bits per heavy atom. The van der Waals surface area contributed by atoms with Gasteiger partial charge in [0.25, 0.3) is 0 Å². The van der Waals surface area contributed by atoms with Gasteiger partial charge in [0.15, 0.2) is 0 Å². The van der Waals surface area contributed by atoms with Crippen molar-refractivity contribution in [2.45, 2.75) is 25.8 Å². The molecule has 26 heavy (non-hydrogen) atoms. The topological polar surface area (TPSA) is 38.1 Å². The van der Waals surface area contributed by atoms with E-state index in [1.165, 1.54) is 0 Å². The molecule has 1 unspecified atom stereocenters. The van der Waals surface area contributed by atoms with E-state index >= 15 is 0 Å². The highest BCUT2D eigenvalue weighted by Crippen LogP contribution is 2.34. The second-order valence-electron chi connectivity index (χ2n) is 6.70. The van der Waals surface area contributed by atoms with Crippen molar-refractivity contribution in [2.24, 2.45) is 0 Å². The minimum Gasteiger partial charge on any atom is -0.324 e. The molecule has 4 nitrogen and oxygen atoms in total. The molecule has 132 valence electrons. The molecule has 0 bridgehead atoms. The lowest BCUT2D eigenvalue weighted by Crippen LogP contribution is -2.24. The molecule has 0 saturated carbocycles. The van der Waals surface area contributed by atoms with Crippen molar-refractivity contribution < 1.29 is 4.79 Å². The average molecular weight is 366 g/mol. The maximum absolute atomic E-state index is 12.7. The number of benzene rings is 2. The molecular weight excluding hydrogens is 346 g/mol. The molecule has 0 radical (unpaired) electrons. The number of amides is 1. The Balaban J connectivity index is 1.70. The fraction of sp³-hybridized carbons (Fsp3) is 0.238. The van der Waals surface area contributed by atoms with Gasteiger partial charge in [-0.2, -0.15) is 0 Å². The molecule has 2 heterocycles. The van der Waals surface area contributed by atoms with Crippen LogP contribution in [0.15, 0.2) is 55.1 Å². The van der Waals surface area contributed by atoms with Gasteiger partial charge in [0, 0.05) is 36.1 Å². The molecule has 1 aliphatic rings. The van der Waals surface area contributed by atoms with Crippen LogP contribution in [0.25, 0.3) is 11.0 Å². The number of carbonyl (C=O) groups is 1. The smallest absolute Gasteiger partial charge is 0.227 e. The van der Waals surface area contributed by atoms with E-state index in [2.05, 4.69) is 17.2 Å². The zero-order chi connectivity index (χ0) is 18.3. The Hall–Kier alpha value is -2.59. The lowest BCUT2D eigenvalue weighted by Gasteiger charge is -2.18. The van der Waals surface area contributed by atoms with Crippen LogP contribution < -0.4 is 4.90 Å². The number of allylic oxidation sites excluding steroid dienone is 1. The summed E-state index contributed by atoms with van der Waals surface area (Å²) in [4.78, 5) is 19.3. The zero-order valence-electron chi connectivity index (χ0n) is 14.7. The van der Waals surface area contributed by atoms with Crippen LogP contribution in [0, 0.1) is 6.92 Å². The lowest BCUT2D eigenvalue weighted by atomic mass is 10.1. The van der Waals surface area contributed by atoms with Crippen molar-refractivity contribution in [1.82, 2.24) is 9.55 Å². The van der Waals surface area contributed by atoms with Gasteiger partial charge < -0.3 is 9.47 Å². The molecule has 1 aliphatic heterocycles. The predicted molar refractivity (Wildman–Crippen MR) is 106 cm³/mol. The van der Waals surface area contributed by atoms with Gasteiger partial charge in [-0.05, 0) is 42.8 Å². The van der Waals surface area contributed by atoms with Crippen molar-refractivity contribution in [3.05, 3.63) is 71.5 Å². The van der Waals surface area contributed by atoms with Crippen LogP contribution in [0.2, 0.25) is 5.02 Å². The number of halogens is 1. The molecule has 0 aliphatic carbocycles. The molecule has 4 rings (SSSR count). The van der Waals surface area contributed by atoms with Gasteiger partial charge in [-0.15, -0.1) is 6.58 Å². The molecule has 2 aromatic carbocycles. The van der Waals surface area contributed by atoms with Crippen LogP contribution in [-0.4, -0.2) is 22.0 Å². The number of anilines is 1. The first-order valence-electron chi connectivity index (χ1n) is 8.71. The number of imidazole rings is 1. The Kier molecular flexibility index (Phi) is 4.29. The summed E-state index contributed by atoms with van der Waals surface area (Å²) in [6.45, 7) is 7.13. The van der Waals surface area contributed by atoms with Crippen LogP contribution in [0.3, 0.4) is 0 Å². The second kappa shape index (κ2) is 6.61. The SMILES string of the molecule is C=CCn1c(C2CC(=O)N(c3ccc(Cl)c(C)c3)C2)nc2ccccc21. The van der Waals surface area contributed by atoms with Crippen molar-refractivity contribution in [2.75, 3.05) is 11.4 Å². The highest BCUT2D eigenvalue weighted by atomic mass is 35.5. The van der Waals surface area contributed by atoms with Crippen LogP contribution >= 0.6 is 11.6 Å². The average Bonchev–Trinajstić information content (AvgIpc) is 3.19. The number of nitrogens with zero attached hydrogens (tertiary/aromatic N) is 3. The van der Waals surface area contributed by atoms with Gasteiger partial charge in [0.2, 0.25) is 5.91 Å². The minimum absolute atomic E-state index is 0.0610. The van der Waals surface area contributed by atoms with Crippen molar-refractivity contribution in [1.29, 1.82) is 0 Å². The van der Waals surface area contributed by atoms with Gasteiger partial charge in [0.1, 0.15) is 5.82 Å². The van der Waals surface area contributed by atoms with E-state index in [1.54, 1.807) is 0 Å². The summed E-state index contributed by atoms with van der Waals surface area (Å²) in [5.74, 6) is 1.13. The van der Waals surface area contributed by atoms with Crippen LogP contribution in [0.4, 0.5) is 5.69 Å². The lowest BCUT2D eigenvalue weighted by molar-refractivity contribution is -0.117. The Labute approximate surface area is 157 Å². The van der Waals surface area contributed by atoms with Gasteiger partial charge in [-0.3, -0.25) is 4.79 Å². The minimum atomic E-state index is 0.0610. The van der Waals surface area contributed by atoms with E-state index < -0.39 is 0 Å². The third-order valence-corrected chi connectivity index (χ3v) is 5.36. The van der Waals surface area contributed by atoms with Crippen molar-refractivity contribution in [3.8, 4) is 0 Å². The van der Waals surface area contributed by atoms with E-state index in [0.717, 1.165) is 28.1 Å². The van der Waals surface area contributed by atoms with Crippen LogP contribution in [-0.2, 0) is 11.3 Å². The van der Waals surface area contributed by atoms with Gasteiger partial charge in [-0.25, -0.2) is 4.98 Å². The van der Waals surface area contributed by atoms with Gasteiger partial charge >= 0.3 is 0 Å². The monoisotopic (exact) mass is 365 g/mol. The summed E-state index contributed by atoms with van der Waals surface area (Å²) in [7, 11) is 0. The van der Waals surface area contributed by atoms with E-state index in [0.29, 0.717) is 24.5 Å². The van der Waals surface area contributed by atoms with E-state index in [1.807, 2.05) is 54.3 Å². The number of carbonyl (C=O) groups excluding carboxylic acids is 1. The molecule has 1 atom stereocenters. The second-order valence-corrected chi connectivity index (χ2v) is 7.10. The number of fused-ring (bicyclic) bond motifs is 1. The first-order chi connectivity index (χ1) is 12.6. The summed E-state index contributed by atoms with van der Waals surface area (Å²) in [6, 6.07) is 13.8. The van der Waals surface area contributed by atoms with Crippen LogP contribution in [0.1, 0.15) is 23.7 Å². The highest BCUT2D eigenvalue weighted by molar-refractivity contribution is 6.31. The van der Waals surface area contributed by atoms with E-state index in [-0.39, 0.29) is 11.8 Å². The summed E-state index contributed by atoms with van der Waals surface area (Å²) in [6.07, 6.45) is 2.33. The van der Waals surface area contributed by atoms with Gasteiger partial charge in [-0.1, -0.05) is 29.8 Å². The molecule has 0 spiro atoms. The molecule has 1 amide bonds. The number of hydrogen-bond acceptors (Lipinski definition) is 2. The molecule has 3 aromatic rings. The fourth-order valence-electron chi connectivity index (χ4n) is 3.65. The fourth-order valence-corrected chi connectivity index (χ4v) is 3.77. The normalized spacial score (nSPS) is 17.2. The first-order valence-corrected chi connectivity index (χ1v) is 9.09. The molecule has 5 heteroatoms. The first kappa shape index (κ1) is 16.9. The van der Waals surface area contributed by atoms with Gasteiger partial charge in [0.05, 0.1) is 11.0 Å². The summed E-state index contributed by atoms with van der Waals surface area (Å²) in [5.41, 5.74) is 3.90. The Morgan fingerprint density at radius 2 is 2.12 bits per heavy atom. The number of para-hydroxylation sites is 2. The largest absolute Gasteiger partial charge is 0.324 e. The third-order valence-electron chi connectivity index (χ3n) is 4.94. The molecule has 1 aromatic heterocycles. The summed E-state index contributed by atoms with van der Waals surface area (Å²) < 4.78 is 2.16. The maximum Gasteiger partial charge on any atom is 0.227 e. The van der Waals surface area contributed by atoms with E-state index in [4.69, 9.17) is 16.6 Å². The van der Waals surface area contributed by atoms with Crippen LogP contribution in [0.5, 0.6) is 0 Å². The maximum atomic E-state index is 12.7. The number of aromatic nitrogens is 2. The summed E-state index contributed by atoms with van der Waals surface area (Å²) in [5, 5.41) is 0.713. The number of aryl methyl sites for hydroxylation is 1. The molecular formula is C21H20ClN3O. The van der Waals surface area contributed by atoms with Crippen molar-refractivity contribution >= 4 is 34.2 Å². The standard InChI is InChI=1S/C21H20ClN3O/c1-3-10-24-19-7-5-4-6-18(19)23-21(24)15-12-20(26)25(13-15)16-8-9-17(22)14(2)11-16/h3-9,11,15H,1,10,12-13H2,2H3. The number of rotatable bonds is 4. The van der Waals surface area contributed by atoms with E-state index in [9.17, 15) is 4.79 Å². The molecule has 0 N–H and O–H groups in total. The van der Waals surface area contributed by atoms with Crippen molar-refractivity contribution in [3.63, 3.8) is 0 Å². The Morgan fingerprint density at radius 3 is 2.88 bits per heavy atom. The Bertz CT molecular complexity index is 1010. The summed E-state index contributed by atoms with van der Waals surface area (Å²) >= 11 is 6.12. The highest BCUT2D eigenvalue weighted by Gasteiger charge is 2.34. The molecule has 1 fully saturated rings. The predicted octanol–water partition coefficient (Wildman–Crippen LogP) is 4.70. The number of hydrogen-bond donors (Lipinski definition) is 0. The quantitative estimate of drug-likeness (QED) is 0.628. The molecule has 1 saturated heterocycles. The third kappa shape index (κ3) is 2.80. The zero-order valence-corrected chi connectivity index (χ0v) is 15.4.